The van der Waals surface area contributed by atoms with Crippen LogP contribution in [-0.4, -0.2) is 34.7 Å². The molecule has 2 rings (SSSR count). The number of benzene rings is 1. The summed E-state index contributed by atoms with van der Waals surface area (Å²) in [4.78, 5) is 28.2. The standard InChI is InChI=1S/C18H22F3N3O3/c1-11(2)27-10-6-9-22-16(25)12(3)24-14-8-5-4-7-13(14)23-15(17(24)26)18(19,20)21/h4-5,7-8,11-12H,6,9-10H2,1-3H3,(H,22,25)/t12-/m0/s1. The van der Waals surface area contributed by atoms with Crippen LogP contribution in [0, 0.1) is 0 Å². The first kappa shape index (κ1) is 20.9. The largest absolute Gasteiger partial charge is 0.438 e. The fourth-order valence-corrected chi connectivity index (χ4v) is 2.59. The summed E-state index contributed by atoms with van der Waals surface area (Å²) < 4.78 is 45.7. The summed E-state index contributed by atoms with van der Waals surface area (Å²) in [6, 6.07) is 4.79. The SMILES string of the molecule is CC(C)OCCCNC(=O)[C@H](C)n1c(=O)c(C(F)(F)F)nc2ccccc21. The molecule has 1 aromatic heterocycles. The van der Waals surface area contributed by atoms with Gasteiger partial charge in [-0.1, -0.05) is 12.1 Å². The minimum Gasteiger partial charge on any atom is -0.379 e. The van der Waals surface area contributed by atoms with Gasteiger partial charge in [-0.05, 0) is 39.3 Å². The van der Waals surface area contributed by atoms with Crippen LogP contribution in [0.25, 0.3) is 11.0 Å². The maximum atomic E-state index is 13.2. The third kappa shape index (κ3) is 5.06. The molecular formula is C18H22F3N3O3. The Morgan fingerprint density at radius 3 is 2.56 bits per heavy atom. The second-order valence-electron chi connectivity index (χ2n) is 6.36. The van der Waals surface area contributed by atoms with E-state index in [0.29, 0.717) is 19.6 Å². The average molecular weight is 385 g/mol. The monoisotopic (exact) mass is 385 g/mol. The van der Waals surface area contributed by atoms with Crippen molar-refractivity contribution >= 4 is 16.9 Å². The molecule has 6 nitrogen and oxygen atoms in total. The second kappa shape index (κ2) is 8.51. The first-order chi connectivity index (χ1) is 12.6. The number of ether oxygens (including phenoxy) is 1. The summed E-state index contributed by atoms with van der Waals surface area (Å²) in [5, 5.41) is 2.62. The Hall–Kier alpha value is -2.42. The van der Waals surface area contributed by atoms with Crippen molar-refractivity contribution in [2.75, 3.05) is 13.2 Å². The highest BCUT2D eigenvalue weighted by Crippen LogP contribution is 2.27. The molecule has 2 aromatic rings. The first-order valence-corrected chi connectivity index (χ1v) is 8.60. The topological polar surface area (TPSA) is 73.2 Å². The molecular weight excluding hydrogens is 363 g/mol. The summed E-state index contributed by atoms with van der Waals surface area (Å²) >= 11 is 0. The fourth-order valence-electron chi connectivity index (χ4n) is 2.59. The molecule has 27 heavy (non-hydrogen) atoms. The number of fused-ring (bicyclic) bond motifs is 1. The van der Waals surface area contributed by atoms with Crippen molar-refractivity contribution in [2.45, 2.75) is 45.5 Å². The van der Waals surface area contributed by atoms with Crippen LogP contribution >= 0.6 is 0 Å². The molecule has 0 aliphatic carbocycles. The maximum Gasteiger partial charge on any atom is 0.438 e. The van der Waals surface area contributed by atoms with Gasteiger partial charge in [0.1, 0.15) is 6.04 Å². The van der Waals surface area contributed by atoms with Crippen molar-refractivity contribution in [2.24, 2.45) is 0 Å². The number of nitrogens with one attached hydrogen (secondary N) is 1. The average Bonchev–Trinajstić information content (AvgIpc) is 2.59. The van der Waals surface area contributed by atoms with Crippen LogP contribution in [-0.2, 0) is 15.7 Å². The minimum atomic E-state index is -4.91. The zero-order valence-corrected chi connectivity index (χ0v) is 15.3. The molecule has 1 aromatic carbocycles. The summed E-state index contributed by atoms with van der Waals surface area (Å²) in [5.74, 6) is -0.550. The Kier molecular flexibility index (Phi) is 6.59. The predicted molar refractivity (Wildman–Crippen MR) is 94.4 cm³/mol. The zero-order valence-electron chi connectivity index (χ0n) is 15.3. The van der Waals surface area contributed by atoms with Gasteiger partial charge in [-0.25, -0.2) is 4.98 Å². The molecule has 0 unspecified atom stereocenters. The highest BCUT2D eigenvalue weighted by molar-refractivity contribution is 5.83. The number of hydrogen-bond acceptors (Lipinski definition) is 4. The number of rotatable bonds is 7. The van der Waals surface area contributed by atoms with Gasteiger partial charge in [0.2, 0.25) is 11.6 Å². The van der Waals surface area contributed by atoms with Crippen molar-refractivity contribution in [3.05, 3.63) is 40.3 Å². The quantitative estimate of drug-likeness (QED) is 0.744. The molecule has 9 heteroatoms. The number of hydrogen-bond donors (Lipinski definition) is 1. The third-order valence-electron chi connectivity index (χ3n) is 3.90. The Morgan fingerprint density at radius 2 is 1.93 bits per heavy atom. The van der Waals surface area contributed by atoms with Gasteiger partial charge >= 0.3 is 6.18 Å². The predicted octanol–water partition coefficient (Wildman–Crippen LogP) is 2.91. The van der Waals surface area contributed by atoms with Crippen molar-refractivity contribution in [3.63, 3.8) is 0 Å². The maximum absolute atomic E-state index is 13.2. The van der Waals surface area contributed by atoms with Gasteiger partial charge in [-0.2, -0.15) is 13.2 Å². The Labute approximate surface area is 154 Å². The minimum absolute atomic E-state index is 0.00518. The van der Waals surface area contributed by atoms with Gasteiger partial charge in [0.15, 0.2) is 0 Å². The lowest BCUT2D eigenvalue weighted by atomic mass is 10.2. The molecule has 0 bridgehead atoms. The lowest BCUT2D eigenvalue weighted by Crippen LogP contribution is -2.39. The summed E-state index contributed by atoms with van der Waals surface area (Å²) in [7, 11) is 0. The van der Waals surface area contributed by atoms with Crippen LogP contribution in [0.4, 0.5) is 13.2 Å². The molecule has 0 saturated carbocycles. The van der Waals surface area contributed by atoms with E-state index in [2.05, 4.69) is 10.3 Å². The number of amides is 1. The van der Waals surface area contributed by atoms with Crippen LogP contribution in [0.15, 0.2) is 29.1 Å². The molecule has 1 heterocycles. The second-order valence-corrected chi connectivity index (χ2v) is 6.36. The van der Waals surface area contributed by atoms with E-state index in [1.807, 2.05) is 13.8 Å². The van der Waals surface area contributed by atoms with E-state index in [9.17, 15) is 22.8 Å². The van der Waals surface area contributed by atoms with Crippen molar-refractivity contribution < 1.29 is 22.7 Å². The van der Waals surface area contributed by atoms with E-state index in [4.69, 9.17) is 4.74 Å². The Balaban J connectivity index is 2.29. The van der Waals surface area contributed by atoms with Crippen molar-refractivity contribution in [1.82, 2.24) is 14.9 Å². The lowest BCUT2D eigenvalue weighted by Gasteiger charge is -2.19. The van der Waals surface area contributed by atoms with Gasteiger partial charge in [-0.3, -0.25) is 14.2 Å². The fraction of sp³-hybridized carbons (Fsp3) is 0.500. The van der Waals surface area contributed by atoms with Gasteiger partial charge in [0.25, 0.3) is 5.56 Å². The molecule has 1 atom stereocenters. The van der Waals surface area contributed by atoms with E-state index in [0.717, 1.165) is 4.57 Å². The Morgan fingerprint density at radius 1 is 1.26 bits per heavy atom. The summed E-state index contributed by atoms with van der Waals surface area (Å²) in [6.45, 7) is 5.90. The molecule has 0 saturated heterocycles. The highest BCUT2D eigenvalue weighted by Gasteiger charge is 2.38. The number of halogens is 3. The number of alkyl halides is 3. The number of nitrogens with zero attached hydrogens (tertiary/aromatic N) is 2. The third-order valence-corrected chi connectivity index (χ3v) is 3.90. The molecule has 0 spiro atoms. The van der Waals surface area contributed by atoms with E-state index in [-0.39, 0.29) is 17.1 Å². The summed E-state index contributed by atoms with van der Waals surface area (Å²) in [6.07, 6.45) is -4.29. The van der Waals surface area contributed by atoms with Gasteiger partial charge in [0.05, 0.1) is 17.1 Å². The van der Waals surface area contributed by atoms with Gasteiger partial charge in [0, 0.05) is 13.2 Å². The number of aromatic nitrogens is 2. The van der Waals surface area contributed by atoms with Gasteiger partial charge < -0.3 is 10.1 Å². The molecule has 0 aliphatic heterocycles. The molecule has 1 N–H and O–H groups in total. The van der Waals surface area contributed by atoms with E-state index >= 15 is 0 Å². The van der Waals surface area contributed by atoms with Crippen molar-refractivity contribution in [1.29, 1.82) is 0 Å². The normalized spacial score (nSPS) is 13.1. The van der Waals surface area contributed by atoms with Crippen LogP contribution in [0.2, 0.25) is 0 Å². The molecule has 0 aliphatic rings. The zero-order chi connectivity index (χ0) is 20.2. The molecule has 0 radical (unpaired) electrons. The highest BCUT2D eigenvalue weighted by atomic mass is 19.4. The van der Waals surface area contributed by atoms with Gasteiger partial charge in [-0.15, -0.1) is 0 Å². The smallest absolute Gasteiger partial charge is 0.379 e. The van der Waals surface area contributed by atoms with Crippen LogP contribution < -0.4 is 10.9 Å². The molecule has 148 valence electrons. The van der Waals surface area contributed by atoms with E-state index in [1.54, 1.807) is 6.07 Å². The number of carbonyl (C=O) groups is 1. The van der Waals surface area contributed by atoms with Crippen LogP contribution in [0.5, 0.6) is 0 Å². The Bertz CT molecular complexity index is 862. The number of carbonyl (C=O) groups excluding carboxylic acids is 1. The summed E-state index contributed by atoms with van der Waals surface area (Å²) in [5.41, 5.74) is -2.71. The van der Waals surface area contributed by atoms with E-state index in [1.165, 1.54) is 25.1 Å². The first-order valence-electron chi connectivity index (χ1n) is 8.60. The molecule has 0 fully saturated rings. The van der Waals surface area contributed by atoms with Crippen LogP contribution in [0.3, 0.4) is 0 Å². The lowest BCUT2D eigenvalue weighted by molar-refractivity contribution is -0.142. The molecule has 1 amide bonds. The number of para-hydroxylation sites is 2. The van der Waals surface area contributed by atoms with Crippen LogP contribution in [0.1, 0.15) is 38.9 Å². The van der Waals surface area contributed by atoms with E-state index < -0.39 is 29.4 Å². The van der Waals surface area contributed by atoms with Crippen molar-refractivity contribution in [3.8, 4) is 0 Å².